The van der Waals surface area contributed by atoms with Gasteiger partial charge in [-0.05, 0) is 0 Å². The zero-order valence-corrected chi connectivity index (χ0v) is 6.42. The molecule has 0 aliphatic carbocycles. The minimum absolute atomic E-state index is 2.28. The van der Waals surface area contributed by atoms with Crippen molar-refractivity contribution >= 4 is 0 Å². The van der Waals surface area contributed by atoms with Crippen LogP contribution in [-0.2, 0) is 4.74 Å². The van der Waals surface area contributed by atoms with Crippen molar-refractivity contribution in [3.8, 4) is 0 Å². The van der Waals surface area contributed by atoms with Crippen LogP contribution in [0.1, 0.15) is 0 Å². The number of hydrogen-bond acceptors (Lipinski definition) is 2. The van der Waals surface area contributed by atoms with Gasteiger partial charge in [-0.25, -0.2) is 9.13 Å². The summed E-state index contributed by atoms with van der Waals surface area (Å²) in [6.07, 6.45) is -10.7. The molecule has 0 fully saturated rings. The van der Waals surface area contributed by atoms with E-state index in [1.54, 1.807) is 0 Å². The number of aliphatic hydroxyl groups is 1. The third kappa shape index (κ3) is 2.98. The molecule has 0 saturated heterocycles. The Balaban J connectivity index is 4.64. The van der Waals surface area contributed by atoms with Crippen molar-refractivity contribution in [3.63, 3.8) is 0 Å². The number of aliphatic hydroxyl groups excluding tert-OH is 1. The summed E-state index contributed by atoms with van der Waals surface area (Å²) in [6, 6.07) is 0. The first kappa shape index (κ1) is 13.4. The van der Waals surface area contributed by atoms with Gasteiger partial charge in [0.05, 0.1) is 0 Å². The van der Waals surface area contributed by atoms with Crippen molar-refractivity contribution in [2.75, 3.05) is 13.3 Å². The summed E-state index contributed by atoms with van der Waals surface area (Å²) in [5.74, 6) is -5.20. The summed E-state index contributed by atoms with van der Waals surface area (Å²) >= 11 is 0. The first-order chi connectivity index (χ1) is 6.08. The van der Waals surface area contributed by atoms with E-state index in [1.165, 1.54) is 0 Å². The molecule has 0 aromatic rings. The second-order valence-corrected chi connectivity index (χ2v) is 2.25. The highest BCUT2D eigenvalue weighted by Crippen LogP contribution is 2.39. The molecule has 14 heavy (non-hydrogen) atoms. The van der Waals surface area contributed by atoms with Gasteiger partial charge in [0.15, 0.2) is 6.67 Å². The van der Waals surface area contributed by atoms with Crippen molar-refractivity contribution < 1.29 is 40.6 Å². The minimum atomic E-state index is -5.64. The SMILES string of the molecule is OCC(F)(F)C(F)(F)OC(F)(F)CF. The quantitative estimate of drug-likeness (QED) is 0.729. The van der Waals surface area contributed by atoms with Gasteiger partial charge in [0.25, 0.3) is 0 Å². The van der Waals surface area contributed by atoms with Gasteiger partial charge in [-0.2, -0.15) is 26.3 Å². The number of alkyl halides is 7. The second kappa shape index (κ2) is 3.89. The molecule has 1 N–H and O–H groups in total. The first-order valence-corrected chi connectivity index (χ1v) is 3.08. The van der Waals surface area contributed by atoms with Gasteiger partial charge in [0.1, 0.15) is 6.61 Å². The maximum atomic E-state index is 12.1. The van der Waals surface area contributed by atoms with Gasteiger partial charge in [-0.15, -0.1) is 0 Å². The van der Waals surface area contributed by atoms with E-state index < -0.39 is 31.4 Å². The molecule has 0 saturated carbocycles. The van der Waals surface area contributed by atoms with Crippen LogP contribution < -0.4 is 0 Å². The largest absolute Gasteiger partial charge is 0.426 e. The third-order valence-corrected chi connectivity index (χ3v) is 1.06. The van der Waals surface area contributed by atoms with Crippen LogP contribution in [-0.4, -0.2) is 36.5 Å². The van der Waals surface area contributed by atoms with Crippen LogP contribution in [0.5, 0.6) is 0 Å². The molecule has 86 valence electrons. The van der Waals surface area contributed by atoms with Gasteiger partial charge in [-0.1, -0.05) is 0 Å². The Morgan fingerprint density at radius 3 is 1.71 bits per heavy atom. The van der Waals surface area contributed by atoms with Gasteiger partial charge in [-0.3, -0.25) is 0 Å². The zero-order chi connectivity index (χ0) is 11.6. The average Bonchev–Trinajstić information content (AvgIpc) is 2.02. The van der Waals surface area contributed by atoms with E-state index in [1.807, 2.05) is 0 Å². The van der Waals surface area contributed by atoms with Gasteiger partial charge in [0, 0.05) is 0 Å². The predicted molar refractivity (Wildman–Crippen MR) is 29.0 cm³/mol. The van der Waals surface area contributed by atoms with Crippen LogP contribution in [0.25, 0.3) is 0 Å². The predicted octanol–water partition coefficient (Wildman–Crippen LogP) is 1.79. The van der Waals surface area contributed by atoms with Crippen molar-refractivity contribution in [2.24, 2.45) is 0 Å². The van der Waals surface area contributed by atoms with Crippen LogP contribution in [0.2, 0.25) is 0 Å². The Hall–Kier alpha value is -0.570. The summed E-state index contributed by atoms with van der Waals surface area (Å²) in [7, 11) is 0. The van der Waals surface area contributed by atoms with Crippen LogP contribution in [0.3, 0.4) is 0 Å². The molecule has 0 aromatic heterocycles. The lowest BCUT2D eigenvalue weighted by molar-refractivity contribution is -0.434. The lowest BCUT2D eigenvalue weighted by atomic mass is 10.3. The molecule has 0 spiro atoms. The molecule has 0 aliphatic rings. The number of halogens is 7. The lowest BCUT2D eigenvalue weighted by Crippen LogP contribution is -2.49. The highest BCUT2D eigenvalue weighted by molar-refractivity contribution is 4.77. The molecular weight excluding hydrogens is 225 g/mol. The normalized spacial score (nSPS) is 14.6. The van der Waals surface area contributed by atoms with E-state index >= 15 is 0 Å². The summed E-state index contributed by atoms with van der Waals surface area (Å²) in [5.41, 5.74) is 0. The van der Waals surface area contributed by atoms with Crippen LogP contribution in [0.4, 0.5) is 30.7 Å². The molecule has 0 aliphatic heterocycles. The fourth-order valence-corrected chi connectivity index (χ4v) is 0.382. The molecule has 0 bridgehead atoms. The minimum Gasteiger partial charge on any atom is -0.390 e. The maximum Gasteiger partial charge on any atom is 0.426 e. The van der Waals surface area contributed by atoms with Crippen LogP contribution in [0, 0.1) is 0 Å². The molecule has 0 radical (unpaired) electrons. The smallest absolute Gasteiger partial charge is 0.390 e. The molecule has 9 heteroatoms. The summed E-state index contributed by atoms with van der Waals surface area (Å²) in [5, 5.41) is 7.75. The van der Waals surface area contributed by atoms with Crippen molar-refractivity contribution in [1.29, 1.82) is 0 Å². The average molecular weight is 230 g/mol. The van der Waals surface area contributed by atoms with E-state index in [0.29, 0.717) is 0 Å². The lowest BCUT2D eigenvalue weighted by Gasteiger charge is -2.27. The molecule has 0 aromatic carbocycles. The highest BCUT2D eigenvalue weighted by atomic mass is 19.3. The molecule has 0 unspecified atom stereocenters. The van der Waals surface area contributed by atoms with Crippen molar-refractivity contribution in [2.45, 2.75) is 18.1 Å². The summed E-state index contributed by atoms with van der Waals surface area (Å²) < 4.78 is 85.4. The zero-order valence-electron chi connectivity index (χ0n) is 6.42. The van der Waals surface area contributed by atoms with Crippen molar-refractivity contribution in [3.05, 3.63) is 0 Å². The maximum absolute atomic E-state index is 12.1. The third-order valence-electron chi connectivity index (χ3n) is 1.06. The van der Waals surface area contributed by atoms with Gasteiger partial charge >= 0.3 is 18.1 Å². The number of hydrogen-bond donors (Lipinski definition) is 1. The molecule has 2 nitrogen and oxygen atoms in total. The summed E-state index contributed by atoms with van der Waals surface area (Å²) in [6.45, 7) is -5.08. The summed E-state index contributed by atoms with van der Waals surface area (Å²) in [4.78, 5) is 0. The van der Waals surface area contributed by atoms with Gasteiger partial charge < -0.3 is 5.11 Å². The Labute approximate surface area is 73.3 Å². The number of rotatable bonds is 5. The van der Waals surface area contributed by atoms with E-state index in [0.717, 1.165) is 0 Å². The monoisotopic (exact) mass is 230 g/mol. The van der Waals surface area contributed by atoms with Crippen molar-refractivity contribution in [1.82, 2.24) is 0 Å². The topological polar surface area (TPSA) is 29.5 Å². The Bertz CT molecular complexity index is 193. The van der Waals surface area contributed by atoms with E-state index in [-0.39, 0.29) is 0 Å². The Kier molecular flexibility index (Phi) is 3.73. The fourth-order valence-electron chi connectivity index (χ4n) is 0.382. The van der Waals surface area contributed by atoms with Gasteiger partial charge in [0.2, 0.25) is 0 Å². The Morgan fingerprint density at radius 1 is 1.00 bits per heavy atom. The second-order valence-electron chi connectivity index (χ2n) is 2.25. The molecular formula is C5H5F7O2. The fraction of sp³-hybridized carbons (Fsp3) is 1.00. The highest BCUT2D eigenvalue weighted by Gasteiger charge is 2.62. The van der Waals surface area contributed by atoms with Crippen LogP contribution in [0.15, 0.2) is 0 Å². The molecule has 0 rings (SSSR count). The van der Waals surface area contributed by atoms with E-state index in [2.05, 4.69) is 4.74 Å². The Morgan fingerprint density at radius 2 is 1.43 bits per heavy atom. The van der Waals surface area contributed by atoms with Crippen LogP contribution >= 0.6 is 0 Å². The van der Waals surface area contributed by atoms with E-state index in [4.69, 9.17) is 5.11 Å². The first-order valence-electron chi connectivity index (χ1n) is 3.08. The molecule has 0 amide bonds. The molecule has 0 heterocycles. The number of ether oxygens (including phenoxy) is 1. The standard InChI is InChI=1S/C5H5F7O2/c6-1-4(9,10)14-5(11,12)3(7,8)2-13/h13H,1-2H2. The van der Waals surface area contributed by atoms with E-state index in [9.17, 15) is 30.7 Å². The molecule has 0 atom stereocenters.